The molecule has 0 aliphatic heterocycles. The standard InChI is InChI=1S/C12H17FN2O/c1-2-14-7-4-8-15-12(16)10-5-3-6-11(13)9-10/h3,5-6,9,14H,2,4,7-8H2,1H3,(H,15,16). The molecule has 0 aromatic heterocycles. The van der Waals surface area contributed by atoms with Crippen molar-refractivity contribution in [3.05, 3.63) is 35.6 Å². The molecule has 0 aliphatic rings. The molecule has 0 spiro atoms. The van der Waals surface area contributed by atoms with Gasteiger partial charge < -0.3 is 10.6 Å². The number of hydrogen-bond donors (Lipinski definition) is 2. The Morgan fingerprint density at radius 1 is 1.38 bits per heavy atom. The fourth-order valence-electron chi connectivity index (χ4n) is 1.32. The molecular formula is C12H17FN2O. The molecule has 0 unspecified atom stereocenters. The molecule has 16 heavy (non-hydrogen) atoms. The van der Waals surface area contributed by atoms with Crippen LogP contribution in [-0.4, -0.2) is 25.5 Å². The van der Waals surface area contributed by atoms with Crippen LogP contribution in [0.25, 0.3) is 0 Å². The maximum absolute atomic E-state index is 12.8. The fourth-order valence-corrected chi connectivity index (χ4v) is 1.32. The van der Waals surface area contributed by atoms with Crippen molar-refractivity contribution in [1.82, 2.24) is 10.6 Å². The number of benzene rings is 1. The Labute approximate surface area is 95.0 Å². The highest BCUT2D eigenvalue weighted by Gasteiger charge is 2.04. The van der Waals surface area contributed by atoms with Gasteiger partial charge in [0, 0.05) is 12.1 Å². The molecule has 0 saturated heterocycles. The zero-order valence-corrected chi connectivity index (χ0v) is 9.42. The van der Waals surface area contributed by atoms with Crippen molar-refractivity contribution in [2.45, 2.75) is 13.3 Å². The third-order valence-electron chi connectivity index (χ3n) is 2.15. The first kappa shape index (κ1) is 12.6. The topological polar surface area (TPSA) is 41.1 Å². The van der Waals surface area contributed by atoms with Crippen LogP contribution in [0.1, 0.15) is 23.7 Å². The fraction of sp³-hybridized carbons (Fsp3) is 0.417. The Morgan fingerprint density at radius 2 is 2.19 bits per heavy atom. The smallest absolute Gasteiger partial charge is 0.251 e. The number of halogens is 1. The van der Waals surface area contributed by atoms with Crippen LogP contribution in [0.4, 0.5) is 4.39 Å². The van der Waals surface area contributed by atoms with Crippen LogP contribution < -0.4 is 10.6 Å². The van der Waals surface area contributed by atoms with Crippen molar-refractivity contribution >= 4 is 5.91 Å². The van der Waals surface area contributed by atoms with Gasteiger partial charge in [0.05, 0.1) is 0 Å². The van der Waals surface area contributed by atoms with Crippen molar-refractivity contribution in [3.8, 4) is 0 Å². The van der Waals surface area contributed by atoms with Gasteiger partial charge in [0.25, 0.3) is 5.91 Å². The molecule has 1 amide bonds. The van der Waals surface area contributed by atoms with E-state index in [1.165, 1.54) is 18.2 Å². The predicted octanol–water partition coefficient (Wildman–Crippen LogP) is 1.56. The summed E-state index contributed by atoms with van der Waals surface area (Å²) in [6.07, 6.45) is 0.870. The van der Waals surface area contributed by atoms with Crippen LogP contribution in [0.2, 0.25) is 0 Å². The quantitative estimate of drug-likeness (QED) is 0.720. The molecule has 0 heterocycles. The van der Waals surface area contributed by atoms with Crippen molar-refractivity contribution in [1.29, 1.82) is 0 Å². The Balaban J connectivity index is 2.30. The minimum atomic E-state index is -0.389. The van der Waals surface area contributed by atoms with Gasteiger partial charge in [-0.1, -0.05) is 13.0 Å². The molecule has 88 valence electrons. The molecule has 0 bridgehead atoms. The maximum Gasteiger partial charge on any atom is 0.251 e. The largest absolute Gasteiger partial charge is 0.352 e. The Kier molecular flexibility index (Phi) is 5.50. The number of nitrogens with one attached hydrogen (secondary N) is 2. The maximum atomic E-state index is 12.8. The van der Waals surface area contributed by atoms with Gasteiger partial charge in [-0.15, -0.1) is 0 Å². The van der Waals surface area contributed by atoms with Crippen LogP contribution in [0, 0.1) is 5.82 Å². The molecule has 1 aromatic carbocycles. The Hall–Kier alpha value is -1.42. The lowest BCUT2D eigenvalue weighted by atomic mass is 10.2. The van der Waals surface area contributed by atoms with Gasteiger partial charge in [-0.3, -0.25) is 4.79 Å². The molecule has 0 saturated carbocycles. The van der Waals surface area contributed by atoms with E-state index in [1.807, 2.05) is 6.92 Å². The van der Waals surface area contributed by atoms with Gasteiger partial charge >= 0.3 is 0 Å². The summed E-state index contributed by atoms with van der Waals surface area (Å²) in [5.41, 5.74) is 0.364. The zero-order chi connectivity index (χ0) is 11.8. The van der Waals surface area contributed by atoms with Crippen LogP contribution in [-0.2, 0) is 0 Å². The average molecular weight is 224 g/mol. The van der Waals surface area contributed by atoms with Crippen LogP contribution in [0.3, 0.4) is 0 Å². The lowest BCUT2D eigenvalue weighted by molar-refractivity contribution is 0.0953. The summed E-state index contributed by atoms with van der Waals surface area (Å²) in [5.74, 6) is -0.615. The van der Waals surface area contributed by atoms with E-state index in [0.29, 0.717) is 12.1 Å². The van der Waals surface area contributed by atoms with Crippen molar-refractivity contribution in [2.24, 2.45) is 0 Å². The van der Waals surface area contributed by atoms with E-state index in [2.05, 4.69) is 10.6 Å². The van der Waals surface area contributed by atoms with E-state index >= 15 is 0 Å². The second kappa shape index (κ2) is 6.95. The van der Waals surface area contributed by atoms with Crippen LogP contribution in [0.5, 0.6) is 0 Å². The third-order valence-corrected chi connectivity index (χ3v) is 2.15. The predicted molar refractivity (Wildman–Crippen MR) is 61.9 cm³/mol. The van der Waals surface area contributed by atoms with Gasteiger partial charge in [-0.05, 0) is 37.7 Å². The van der Waals surface area contributed by atoms with Crippen LogP contribution >= 0.6 is 0 Å². The Morgan fingerprint density at radius 3 is 2.88 bits per heavy atom. The highest BCUT2D eigenvalue weighted by Crippen LogP contribution is 2.02. The molecule has 0 radical (unpaired) electrons. The number of carbonyl (C=O) groups excluding carboxylic acids is 1. The summed E-state index contributed by atoms with van der Waals surface area (Å²) in [7, 11) is 0. The molecule has 0 fully saturated rings. The molecular weight excluding hydrogens is 207 g/mol. The monoisotopic (exact) mass is 224 g/mol. The van der Waals surface area contributed by atoms with E-state index < -0.39 is 0 Å². The summed E-state index contributed by atoms with van der Waals surface area (Å²) in [5, 5.41) is 5.90. The first-order valence-electron chi connectivity index (χ1n) is 5.48. The molecule has 1 aromatic rings. The molecule has 0 aliphatic carbocycles. The Bertz CT molecular complexity index is 342. The van der Waals surface area contributed by atoms with Crippen molar-refractivity contribution in [2.75, 3.05) is 19.6 Å². The SMILES string of the molecule is CCNCCCNC(=O)c1cccc(F)c1. The molecule has 3 nitrogen and oxygen atoms in total. The lowest BCUT2D eigenvalue weighted by Crippen LogP contribution is -2.27. The van der Waals surface area contributed by atoms with Crippen molar-refractivity contribution in [3.63, 3.8) is 0 Å². The first-order chi connectivity index (χ1) is 7.74. The number of hydrogen-bond acceptors (Lipinski definition) is 2. The van der Waals surface area contributed by atoms with E-state index in [0.717, 1.165) is 19.5 Å². The van der Waals surface area contributed by atoms with Crippen LogP contribution in [0.15, 0.2) is 24.3 Å². The number of amides is 1. The lowest BCUT2D eigenvalue weighted by Gasteiger charge is -2.05. The average Bonchev–Trinajstić information content (AvgIpc) is 2.28. The molecule has 2 N–H and O–H groups in total. The van der Waals surface area contributed by atoms with E-state index in [1.54, 1.807) is 6.07 Å². The number of rotatable bonds is 6. The van der Waals surface area contributed by atoms with Gasteiger partial charge in [0.2, 0.25) is 0 Å². The normalized spacial score (nSPS) is 10.1. The van der Waals surface area contributed by atoms with Gasteiger partial charge in [-0.2, -0.15) is 0 Å². The second-order valence-corrected chi connectivity index (χ2v) is 3.47. The van der Waals surface area contributed by atoms with E-state index in [4.69, 9.17) is 0 Å². The summed E-state index contributed by atoms with van der Waals surface area (Å²) >= 11 is 0. The van der Waals surface area contributed by atoms with E-state index in [9.17, 15) is 9.18 Å². The molecule has 4 heteroatoms. The second-order valence-electron chi connectivity index (χ2n) is 3.47. The summed E-state index contributed by atoms with van der Waals surface area (Å²) in [6, 6.07) is 5.69. The summed E-state index contributed by atoms with van der Waals surface area (Å²) < 4.78 is 12.8. The summed E-state index contributed by atoms with van der Waals surface area (Å²) in [4.78, 5) is 11.5. The first-order valence-corrected chi connectivity index (χ1v) is 5.48. The minimum Gasteiger partial charge on any atom is -0.352 e. The highest BCUT2D eigenvalue weighted by molar-refractivity contribution is 5.94. The van der Waals surface area contributed by atoms with E-state index in [-0.39, 0.29) is 11.7 Å². The minimum absolute atomic E-state index is 0.226. The summed E-state index contributed by atoms with van der Waals surface area (Å²) in [6.45, 7) is 4.44. The zero-order valence-electron chi connectivity index (χ0n) is 9.42. The van der Waals surface area contributed by atoms with Crippen molar-refractivity contribution < 1.29 is 9.18 Å². The third kappa shape index (κ3) is 4.40. The highest BCUT2D eigenvalue weighted by atomic mass is 19.1. The molecule has 0 atom stereocenters. The number of carbonyl (C=O) groups is 1. The van der Waals surface area contributed by atoms with Gasteiger partial charge in [0.1, 0.15) is 5.82 Å². The van der Waals surface area contributed by atoms with Gasteiger partial charge in [0.15, 0.2) is 0 Å². The van der Waals surface area contributed by atoms with Gasteiger partial charge in [-0.25, -0.2) is 4.39 Å². The molecule has 1 rings (SSSR count).